The van der Waals surface area contributed by atoms with E-state index in [0.29, 0.717) is 19.6 Å². The molecule has 1 aromatic carbocycles. The highest BCUT2D eigenvalue weighted by atomic mass is 16.5. The molecule has 0 aliphatic heterocycles. The first-order chi connectivity index (χ1) is 13.0. The van der Waals surface area contributed by atoms with Crippen LogP contribution in [0.3, 0.4) is 0 Å². The number of ether oxygens (including phenoxy) is 2. The molecular weight excluding hydrogens is 348 g/mol. The van der Waals surface area contributed by atoms with Crippen LogP contribution in [0.5, 0.6) is 0 Å². The summed E-state index contributed by atoms with van der Waals surface area (Å²) in [6.45, 7) is 7.36. The van der Waals surface area contributed by atoms with E-state index < -0.39 is 18.0 Å². The molecule has 148 valence electrons. The summed E-state index contributed by atoms with van der Waals surface area (Å²) in [5, 5.41) is 0. The van der Waals surface area contributed by atoms with Gasteiger partial charge in [0, 0.05) is 31.8 Å². The molecule has 0 saturated heterocycles. The minimum atomic E-state index is -0.673. The Morgan fingerprint density at radius 3 is 2.07 bits per heavy atom. The van der Waals surface area contributed by atoms with Gasteiger partial charge in [-0.25, -0.2) is 14.4 Å². The Hall–Kier alpha value is -2.83. The third-order valence-electron chi connectivity index (χ3n) is 4.12. The highest BCUT2D eigenvalue weighted by Crippen LogP contribution is 2.22. The summed E-state index contributed by atoms with van der Waals surface area (Å²) in [7, 11) is 1.22. The maximum absolute atomic E-state index is 12.9. The minimum absolute atomic E-state index is 0.0186. The number of hydrogen-bond acceptors (Lipinski definition) is 5. The van der Waals surface area contributed by atoms with Crippen molar-refractivity contribution in [2.24, 2.45) is 0 Å². The Kier molecular flexibility index (Phi) is 9.64. The van der Waals surface area contributed by atoms with Crippen LogP contribution >= 0.6 is 0 Å². The normalized spacial score (nSPS) is 11.7. The van der Waals surface area contributed by atoms with Crippen molar-refractivity contribution >= 4 is 18.0 Å². The van der Waals surface area contributed by atoms with Crippen LogP contribution in [0.15, 0.2) is 42.5 Å². The van der Waals surface area contributed by atoms with Gasteiger partial charge in [-0.2, -0.15) is 0 Å². The number of likely N-dealkylation sites (N-methyl/N-ethyl adjacent to an activating group) is 1. The molecule has 0 fully saturated rings. The molecule has 27 heavy (non-hydrogen) atoms. The zero-order valence-corrected chi connectivity index (χ0v) is 16.4. The monoisotopic (exact) mass is 376 g/mol. The summed E-state index contributed by atoms with van der Waals surface area (Å²) in [6, 6.07) is 8.86. The van der Waals surface area contributed by atoms with Gasteiger partial charge in [-0.05, 0) is 26.3 Å². The number of carbonyl (C=O) groups is 3. The maximum Gasteiger partial charge on any atom is 0.331 e. The Balaban J connectivity index is 2.99. The van der Waals surface area contributed by atoms with Crippen molar-refractivity contribution in [3.05, 3.63) is 48.0 Å². The highest BCUT2D eigenvalue weighted by molar-refractivity contribution is 5.91. The molecule has 0 heterocycles. The fraction of sp³-hybridized carbons (Fsp3) is 0.450. The van der Waals surface area contributed by atoms with Crippen molar-refractivity contribution in [3.8, 4) is 0 Å². The van der Waals surface area contributed by atoms with Crippen LogP contribution in [-0.2, 0) is 19.1 Å². The summed E-state index contributed by atoms with van der Waals surface area (Å²) < 4.78 is 9.73. The number of methoxy groups -OCH3 is 1. The van der Waals surface area contributed by atoms with Crippen molar-refractivity contribution in [1.29, 1.82) is 0 Å². The molecule has 7 nitrogen and oxygen atoms in total. The lowest BCUT2D eigenvalue weighted by Crippen LogP contribution is -2.46. The van der Waals surface area contributed by atoms with E-state index in [9.17, 15) is 14.4 Å². The van der Waals surface area contributed by atoms with Crippen LogP contribution < -0.4 is 0 Å². The van der Waals surface area contributed by atoms with Gasteiger partial charge in [0.2, 0.25) is 0 Å². The third kappa shape index (κ3) is 6.77. The molecule has 0 aromatic heterocycles. The molecule has 1 rings (SSSR count). The van der Waals surface area contributed by atoms with Crippen LogP contribution in [0.25, 0.3) is 0 Å². The number of urea groups is 1. The molecular formula is C20H28N2O5. The molecule has 0 radical (unpaired) electrons. The average molecular weight is 376 g/mol. The number of hydrogen-bond donors (Lipinski definition) is 0. The SMILES string of the molecule is CCN(CC)C(=O)N(CC)[C@@H](COC(=O)/C=C/C(=O)OC)c1ccccc1. The van der Waals surface area contributed by atoms with Crippen LogP contribution in [0.2, 0.25) is 0 Å². The van der Waals surface area contributed by atoms with E-state index in [4.69, 9.17) is 4.74 Å². The molecule has 1 aromatic rings. The summed E-state index contributed by atoms with van der Waals surface area (Å²) >= 11 is 0. The topological polar surface area (TPSA) is 76.2 Å². The van der Waals surface area contributed by atoms with Gasteiger partial charge in [-0.15, -0.1) is 0 Å². The predicted molar refractivity (Wildman–Crippen MR) is 102 cm³/mol. The quantitative estimate of drug-likeness (QED) is 0.489. The number of rotatable bonds is 9. The molecule has 2 amide bonds. The first-order valence-corrected chi connectivity index (χ1v) is 9.01. The van der Waals surface area contributed by atoms with Crippen molar-refractivity contribution in [2.45, 2.75) is 26.8 Å². The number of esters is 2. The van der Waals surface area contributed by atoms with Crippen LogP contribution in [0, 0.1) is 0 Å². The van der Waals surface area contributed by atoms with Crippen LogP contribution in [0.1, 0.15) is 32.4 Å². The fourth-order valence-corrected chi connectivity index (χ4v) is 2.62. The zero-order valence-electron chi connectivity index (χ0n) is 16.4. The number of nitrogens with zero attached hydrogens (tertiary/aromatic N) is 2. The largest absolute Gasteiger partial charge is 0.466 e. The zero-order chi connectivity index (χ0) is 20.2. The number of carbonyl (C=O) groups excluding carboxylic acids is 3. The molecule has 0 bridgehead atoms. The lowest BCUT2D eigenvalue weighted by atomic mass is 10.1. The Morgan fingerprint density at radius 2 is 1.56 bits per heavy atom. The molecule has 0 N–H and O–H groups in total. The van der Waals surface area contributed by atoms with E-state index in [0.717, 1.165) is 17.7 Å². The molecule has 0 saturated carbocycles. The van der Waals surface area contributed by atoms with Crippen molar-refractivity contribution in [2.75, 3.05) is 33.4 Å². The van der Waals surface area contributed by atoms with Gasteiger partial charge >= 0.3 is 18.0 Å². The van der Waals surface area contributed by atoms with Crippen molar-refractivity contribution in [3.63, 3.8) is 0 Å². The molecule has 0 spiro atoms. The third-order valence-corrected chi connectivity index (χ3v) is 4.12. The van der Waals surface area contributed by atoms with Crippen molar-refractivity contribution in [1.82, 2.24) is 9.80 Å². The molecule has 0 aliphatic carbocycles. The number of amides is 2. The lowest BCUT2D eigenvalue weighted by Gasteiger charge is -2.34. The standard InChI is InChI=1S/C20H28N2O5/c1-5-21(6-2)20(25)22(7-3)17(16-11-9-8-10-12-16)15-27-19(24)14-13-18(23)26-4/h8-14,17H,5-7,15H2,1-4H3/b14-13+/t17-/m0/s1. The van der Waals surface area contributed by atoms with Crippen LogP contribution in [-0.4, -0.2) is 61.1 Å². The van der Waals surface area contributed by atoms with E-state index in [2.05, 4.69) is 4.74 Å². The number of benzene rings is 1. The van der Waals surface area contributed by atoms with Gasteiger partial charge in [0.1, 0.15) is 6.61 Å². The van der Waals surface area contributed by atoms with Gasteiger partial charge in [-0.1, -0.05) is 30.3 Å². The summed E-state index contributed by atoms with van der Waals surface area (Å²) in [5.74, 6) is -1.31. The summed E-state index contributed by atoms with van der Waals surface area (Å²) in [4.78, 5) is 39.3. The van der Waals surface area contributed by atoms with E-state index in [1.54, 1.807) is 9.80 Å². The van der Waals surface area contributed by atoms with Gasteiger partial charge in [0.25, 0.3) is 0 Å². The summed E-state index contributed by atoms with van der Waals surface area (Å²) in [5.41, 5.74) is 0.865. The minimum Gasteiger partial charge on any atom is -0.466 e. The van der Waals surface area contributed by atoms with Crippen LogP contribution in [0.4, 0.5) is 4.79 Å². The van der Waals surface area contributed by atoms with E-state index >= 15 is 0 Å². The highest BCUT2D eigenvalue weighted by Gasteiger charge is 2.27. The molecule has 0 unspecified atom stereocenters. The second-order valence-electron chi connectivity index (χ2n) is 5.65. The molecule has 1 atom stereocenters. The lowest BCUT2D eigenvalue weighted by molar-refractivity contribution is -0.140. The van der Waals surface area contributed by atoms with E-state index in [1.807, 2.05) is 51.1 Å². The van der Waals surface area contributed by atoms with Gasteiger partial charge in [0.15, 0.2) is 0 Å². The second-order valence-corrected chi connectivity index (χ2v) is 5.65. The van der Waals surface area contributed by atoms with E-state index in [1.165, 1.54) is 7.11 Å². The average Bonchev–Trinajstić information content (AvgIpc) is 2.70. The second kappa shape index (κ2) is 11.7. The maximum atomic E-state index is 12.9. The Labute approximate surface area is 160 Å². The molecule has 0 aliphatic rings. The Morgan fingerprint density at radius 1 is 0.963 bits per heavy atom. The smallest absolute Gasteiger partial charge is 0.331 e. The van der Waals surface area contributed by atoms with Crippen molar-refractivity contribution < 1.29 is 23.9 Å². The summed E-state index contributed by atoms with van der Waals surface area (Å²) in [6.07, 6.45) is 2.01. The van der Waals surface area contributed by atoms with E-state index in [-0.39, 0.29) is 12.6 Å². The predicted octanol–water partition coefficient (Wildman–Crippen LogP) is 2.78. The van der Waals surface area contributed by atoms with Gasteiger partial charge < -0.3 is 19.3 Å². The van der Waals surface area contributed by atoms with Gasteiger partial charge in [-0.3, -0.25) is 0 Å². The molecule has 7 heteroatoms. The first-order valence-electron chi connectivity index (χ1n) is 9.01. The fourth-order valence-electron chi connectivity index (χ4n) is 2.62. The first kappa shape index (κ1) is 22.2. The van der Waals surface area contributed by atoms with Gasteiger partial charge in [0.05, 0.1) is 13.2 Å². The Bertz CT molecular complexity index is 641.